The summed E-state index contributed by atoms with van der Waals surface area (Å²) in [6, 6.07) is 13.0. The summed E-state index contributed by atoms with van der Waals surface area (Å²) in [5.74, 6) is 0. The number of aryl methyl sites for hydroxylation is 1. The second kappa shape index (κ2) is 2.82. The lowest BCUT2D eigenvalue weighted by Gasteiger charge is -2.04. The molecule has 0 aromatic heterocycles. The van der Waals surface area contributed by atoms with Crippen molar-refractivity contribution in [3.8, 4) is 0 Å². The third-order valence-corrected chi connectivity index (χ3v) is 2.75. The molecule has 0 saturated carbocycles. The lowest BCUT2D eigenvalue weighted by atomic mass is 10.0. The molecule has 14 heavy (non-hydrogen) atoms. The molecule has 1 nitrogen and oxygen atoms in total. The Morgan fingerprint density at radius 3 is 2.86 bits per heavy atom. The minimum atomic E-state index is 0.349. The molecule has 3 rings (SSSR count). The van der Waals surface area contributed by atoms with Crippen LogP contribution in [0.3, 0.4) is 0 Å². The van der Waals surface area contributed by atoms with E-state index in [0.717, 1.165) is 6.61 Å². The van der Waals surface area contributed by atoms with Crippen molar-refractivity contribution in [3.05, 3.63) is 47.5 Å². The van der Waals surface area contributed by atoms with Gasteiger partial charge in [0.2, 0.25) is 0 Å². The van der Waals surface area contributed by atoms with E-state index >= 15 is 0 Å². The molecule has 1 aliphatic rings. The number of hydrogen-bond acceptors (Lipinski definition) is 1. The first kappa shape index (κ1) is 8.01. The van der Waals surface area contributed by atoms with E-state index in [1.807, 2.05) is 0 Å². The summed E-state index contributed by atoms with van der Waals surface area (Å²) in [6.45, 7) is 3.01. The molecule has 0 aliphatic carbocycles. The van der Waals surface area contributed by atoms with Crippen LogP contribution in [0, 0.1) is 6.92 Å². The van der Waals surface area contributed by atoms with E-state index in [1.54, 1.807) is 0 Å². The lowest BCUT2D eigenvalue weighted by molar-refractivity contribution is 0.417. The molecule has 1 heterocycles. The summed E-state index contributed by atoms with van der Waals surface area (Å²) in [7, 11) is 0. The highest BCUT2D eigenvalue weighted by Gasteiger charge is 2.26. The topological polar surface area (TPSA) is 12.5 Å². The van der Waals surface area contributed by atoms with Gasteiger partial charge in [-0.1, -0.05) is 42.0 Å². The molecule has 1 atom stereocenters. The van der Waals surface area contributed by atoms with Crippen LogP contribution in [0.4, 0.5) is 0 Å². The largest absolute Gasteiger partial charge is 0.368 e. The average Bonchev–Trinajstić information content (AvgIpc) is 2.99. The third kappa shape index (κ3) is 1.21. The summed E-state index contributed by atoms with van der Waals surface area (Å²) < 4.78 is 5.33. The molecule has 0 spiro atoms. The Hall–Kier alpha value is -1.34. The number of fused-ring (bicyclic) bond motifs is 1. The molecule has 1 fully saturated rings. The van der Waals surface area contributed by atoms with Crippen LogP contribution >= 0.6 is 0 Å². The molecule has 1 aliphatic heterocycles. The van der Waals surface area contributed by atoms with Gasteiger partial charge in [0.25, 0.3) is 0 Å². The zero-order chi connectivity index (χ0) is 9.54. The smallest absolute Gasteiger partial charge is 0.107 e. The van der Waals surface area contributed by atoms with Gasteiger partial charge in [-0.2, -0.15) is 0 Å². The van der Waals surface area contributed by atoms with Crippen molar-refractivity contribution in [2.75, 3.05) is 6.61 Å². The molecule has 0 radical (unpaired) electrons. The Morgan fingerprint density at radius 2 is 2.07 bits per heavy atom. The van der Waals surface area contributed by atoms with Crippen molar-refractivity contribution in [1.29, 1.82) is 0 Å². The van der Waals surface area contributed by atoms with E-state index in [2.05, 4.69) is 43.3 Å². The predicted octanol–water partition coefficient (Wildman–Crippen LogP) is 3.22. The minimum Gasteiger partial charge on any atom is -0.368 e. The van der Waals surface area contributed by atoms with Gasteiger partial charge in [0.05, 0.1) is 6.61 Å². The second-order valence-corrected chi connectivity index (χ2v) is 3.89. The number of rotatable bonds is 1. The van der Waals surface area contributed by atoms with Crippen LogP contribution in [0.5, 0.6) is 0 Å². The van der Waals surface area contributed by atoms with Crippen LogP contribution in [0.25, 0.3) is 10.8 Å². The van der Waals surface area contributed by atoms with Crippen molar-refractivity contribution in [2.24, 2.45) is 0 Å². The first-order valence-corrected chi connectivity index (χ1v) is 4.95. The fraction of sp³-hybridized carbons (Fsp3) is 0.231. The summed E-state index contributed by atoms with van der Waals surface area (Å²) in [5.41, 5.74) is 2.65. The zero-order valence-electron chi connectivity index (χ0n) is 8.16. The van der Waals surface area contributed by atoms with E-state index in [1.165, 1.54) is 21.9 Å². The van der Waals surface area contributed by atoms with Crippen LogP contribution in [-0.4, -0.2) is 6.61 Å². The van der Waals surface area contributed by atoms with Crippen molar-refractivity contribution in [1.82, 2.24) is 0 Å². The van der Waals surface area contributed by atoms with E-state index in [9.17, 15) is 0 Å². The monoisotopic (exact) mass is 184 g/mol. The Labute approximate surface area is 83.3 Å². The molecule has 2 aromatic rings. The molecule has 70 valence electrons. The Bertz CT molecular complexity index is 484. The van der Waals surface area contributed by atoms with E-state index in [0.29, 0.717) is 6.10 Å². The second-order valence-electron chi connectivity index (χ2n) is 3.89. The summed E-state index contributed by atoms with van der Waals surface area (Å²) in [5, 5.41) is 2.65. The maximum atomic E-state index is 5.33. The Morgan fingerprint density at radius 1 is 1.21 bits per heavy atom. The lowest BCUT2D eigenvalue weighted by Crippen LogP contribution is -1.84. The number of benzene rings is 2. The van der Waals surface area contributed by atoms with Crippen molar-refractivity contribution in [2.45, 2.75) is 13.0 Å². The summed E-state index contributed by atoms with van der Waals surface area (Å²) >= 11 is 0. The van der Waals surface area contributed by atoms with E-state index < -0.39 is 0 Å². The molecular formula is C13H12O. The molecule has 1 saturated heterocycles. The van der Waals surface area contributed by atoms with Gasteiger partial charge in [-0.05, 0) is 23.3 Å². The van der Waals surface area contributed by atoms with Gasteiger partial charge in [-0.15, -0.1) is 0 Å². The first-order chi connectivity index (χ1) is 6.84. The van der Waals surface area contributed by atoms with E-state index in [-0.39, 0.29) is 0 Å². The molecule has 0 bridgehead atoms. The predicted molar refractivity (Wildman–Crippen MR) is 57.4 cm³/mol. The van der Waals surface area contributed by atoms with Gasteiger partial charge in [-0.25, -0.2) is 0 Å². The van der Waals surface area contributed by atoms with Crippen molar-refractivity contribution in [3.63, 3.8) is 0 Å². The van der Waals surface area contributed by atoms with E-state index in [4.69, 9.17) is 4.74 Å². The quantitative estimate of drug-likeness (QED) is 0.620. The Kier molecular flexibility index (Phi) is 1.62. The average molecular weight is 184 g/mol. The first-order valence-electron chi connectivity index (χ1n) is 4.95. The molecule has 1 heteroatoms. The SMILES string of the molecule is Cc1ccc2c(C3CO3)cccc2c1. The van der Waals surface area contributed by atoms with Crippen molar-refractivity contribution >= 4 is 10.8 Å². The van der Waals surface area contributed by atoms with Gasteiger partial charge in [0, 0.05) is 0 Å². The maximum absolute atomic E-state index is 5.33. The van der Waals surface area contributed by atoms with Gasteiger partial charge in [-0.3, -0.25) is 0 Å². The van der Waals surface area contributed by atoms with Gasteiger partial charge in [0.1, 0.15) is 6.10 Å². The third-order valence-electron chi connectivity index (χ3n) is 2.75. The molecule has 1 unspecified atom stereocenters. The highest BCUT2D eigenvalue weighted by atomic mass is 16.6. The van der Waals surface area contributed by atoms with Crippen molar-refractivity contribution < 1.29 is 4.74 Å². The van der Waals surface area contributed by atoms with Crippen LogP contribution in [-0.2, 0) is 4.74 Å². The summed E-state index contributed by atoms with van der Waals surface area (Å²) in [6.07, 6.45) is 0.349. The van der Waals surface area contributed by atoms with Crippen LogP contribution in [0.2, 0.25) is 0 Å². The maximum Gasteiger partial charge on any atom is 0.107 e. The number of hydrogen-bond donors (Lipinski definition) is 0. The standard InChI is InChI=1S/C13H12O/c1-9-5-6-11-10(7-9)3-2-4-12(11)13-8-14-13/h2-7,13H,8H2,1H3. The highest BCUT2D eigenvalue weighted by Crippen LogP contribution is 2.34. The number of epoxide rings is 1. The fourth-order valence-electron chi connectivity index (χ4n) is 1.94. The van der Waals surface area contributed by atoms with Gasteiger partial charge < -0.3 is 4.74 Å². The summed E-state index contributed by atoms with van der Waals surface area (Å²) in [4.78, 5) is 0. The zero-order valence-corrected chi connectivity index (χ0v) is 8.16. The highest BCUT2D eigenvalue weighted by molar-refractivity contribution is 5.86. The van der Waals surface area contributed by atoms with Crippen LogP contribution in [0.15, 0.2) is 36.4 Å². The fourth-order valence-corrected chi connectivity index (χ4v) is 1.94. The molecule has 0 amide bonds. The van der Waals surface area contributed by atoms with Gasteiger partial charge in [0.15, 0.2) is 0 Å². The van der Waals surface area contributed by atoms with Crippen LogP contribution in [0.1, 0.15) is 17.2 Å². The minimum absolute atomic E-state index is 0.349. The normalized spacial score (nSPS) is 19.9. The Balaban J connectivity index is 2.30. The van der Waals surface area contributed by atoms with Crippen LogP contribution < -0.4 is 0 Å². The number of ether oxygens (including phenoxy) is 1. The molecule has 0 N–H and O–H groups in total. The molecule has 2 aromatic carbocycles. The van der Waals surface area contributed by atoms with Gasteiger partial charge >= 0.3 is 0 Å². The molecular weight excluding hydrogens is 172 g/mol.